The van der Waals surface area contributed by atoms with Gasteiger partial charge in [-0.05, 0) is 67.4 Å². The molecule has 0 aliphatic heterocycles. The van der Waals surface area contributed by atoms with Gasteiger partial charge in [0.25, 0.3) is 0 Å². The van der Waals surface area contributed by atoms with Crippen LogP contribution in [-0.2, 0) is 9.53 Å². The van der Waals surface area contributed by atoms with Gasteiger partial charge in [-0.15, -0.1) is 0 Å². The number of benzene rings is 2. The Hall–Kier alpha value is -3.74. The van der Waals surface area contributed by atoms with Crippen molar-refractivity contribution in [3.8, 4) is 0 Å². The van der Waals surface area contributed by atoms with E-state index in [9.17, 15) is 9.90 Å². The molecule has 192 valence electrons. The zero-order chi connectivity index (χ0) is 25.8. The first-order valence-electron chi connectivity index (χ1n) is 12.8. The van der Waals surface area contributed by atoms with Crippen LogP contribution in [0.2, 0.25) is 0 Å². The molecule has 0 amide bonds. The van der Waals surface area contributed by atoms with E-state index in [0.717, 1.165) is 49.4 Å². The number of Topliss-reactive ketones (excluding diaryl/α,β-unsaturated/α-hetero) is 1. The first kappa shape index (κ1) is 26.9. The number of nitrogens with one attached hydrogen (secondary N) is 3. The summed E-state index contributed by atoms with van der Waals surface area (Å²) in [5, 5.41) is 20.6. The lowest BCUT2D eigenvalue weighted by molar-refractivity contribution is -0.115. The van der Waals surface area contributed by atoms with Crippen molar-refractivity contribution in [3.05, 3.63) is 71.8 Å². The van der Waals surface area contributed by atoms with E-state index in [4.69, 9.17) is 4.74 Å². The highest BCUT2D eigenvalue weighted by atomic mass is 16.5. The van der Waals surface area contributed by atoms with Crippen molar-refractivity contribution in [2.24, 2.45) is 4.99 Å². The molecule has 1 aliphatic rings. The summed E-state index contributed by atoms with van der Waals surface area (Å²) in [4.78, 5) is 17.4. The minimum Gasteiger partial charge on any atom is -0.503 e. The molecule has 0 spiro atoms. The number of anilines is 3. The molecule has 0 unspecified atom stereocenters. The maximum atomic E-state index is 12.9. The molecule has 1 aliphatic carbocycles. The average Bonchev–Trinajstić information content (AvgIpc) is 2.89. The summed E-state index contributed by atoms with van der Waals surface area (Å²) in [5.41, 5.74) is 4.00. The number of ether oxygens (including phenoxy) is 1. The van der Waals surface area contributed by atoms with Gasteiger partial charge in [0.05, 0.1) is 18.5 Å². The number of aliphatic hydroxyl groups excluding tert-OH is 1. The maximum Gasteiger partial charge on any atom is 0.247 e. The van der Waals surface area contributed by atoms with Crippen molar-refractivity contribution in [2.75, 3.05) is 36.1 Å². The third-order valence-corrected chi connectivity index (χ3v) is 5.89. The first-order chi connectivity index (χ1) is 17.5. The molecule has 0 fully saturated rings. The molecule has 4 N–H and O–H groups in total. The van der Waals surface area contributed by atoms with Crippen LogP contribution in [0.3, 0.4) is 0 Å². The summed E-state index contributed by atoms with van der Waals surface area (Å²) in [7, 11) is 1.36. The normalized spacial score (nSPS) is 14.6. The van der Waals surface area contributed by atoms with Crippen molar-refractivity contribution < 1.29 is 14.6 Å². The molecular weight excluding hydrogens is 452 g/mol. The van der Waals surface area contributed by atoms with Crippen LogP contribution in [0.4, 0.5) is 22.7 Å². The summed E-state index contributed by atoms with van der Waals surface area (Å²) < 4.78 is 5.22. The minimum atomic E-state index is -0.429. The van der Waals surface area contributed by atoms with Gasteiger partial charge in [-0.25, -0.2) is 4.99 Å². The maximum absolute atomic E-state index is 12.9. The van der Waals surface area contributed by atoms with Gasteiger partial charge < -0.3 is 25.8 Å². The van der Waals surface area contributed by atoms with Crippen LogP contribution in [0.25, 0.3) is 0 Å². The predicted molar refractivity (Wildman–Crippen MR) is 149 cm³/mol. The lowest BCUT2D eigenvalue weighted by atomic mass is 10.0. The third-order valence-electron chi connectivity index (χ3n) is 5.89. The Morgan fingerprint density at radius 2 is 1.39 bits per heavy atom. The Kier molecular flexibility index (Phi) is 10.4. The Balaban J connectivity index is 1.72. The van der Waals surface area contributed by atoms with E-state index in [1.807, 2.05) is 48.5 Å². The van der Waals surface area contributed by atoms with Gasteiger partial charge in [0.15, 0.2) is 5.76 Å². The number of carbonyl (C=O) groups is 1. The van der Waals surface area contributed by atoms with Gasteiger partial charge in [0.2, 0.25) is 11.5 Å². The fourth-order valence-corrected chi connectivity index (χ4v) is 3.80. The van der Waals surface area contributed by atoms with Gasteiger partial charge in [-0.2, -0.15) is 0 Å². The van der Waals surface area contributed by atoms with Crippen LogP contribution in [0.15, 0.2) is 76.8 Å². The molecule has 0 saturated heterocycles. The van der Waals surface area contributed by atoms with Crippen molar-refractivity contribution >= 4 is 34.2 Å². The number of aliphatic imine (C=N–C) groups is 1. The van der Waals surface area contributed by atoms with Gasteiger partial charge in [0, 0.05) is 30.2 Å². The van der Waals surface area contributed by atoms with Crippen LogP contribution < -0.4 is 16.0 Å². The Morgan fingerprint density at radius 3 is 2.00 bits per heavy atom. The van der Waals surface area contributed by atoms with Crippen LogP contribution in [0.5, 0.6) is 0 Å². The zero-order valence-corrected chi connectivity index (χ0v) is 21.6. The van der Waals surface area contributed by atoms with Crippen LogP contribution >= 0.6 is 0 Å². The Morgan fingerprint density at radius 1 is 0.806 bits per heavy atom. The molecule has 7 heteroatoms. The quantitative estimate of drug-likeness (QED) is 0.169. The molecule has 36 heavy (non-hydrogen) atoms. The monoisotopic (exact) mass is 490 g/mol. The highest BCUT2D eigenvalue weighted by Gasteiger charge is 2.28. The molecule has 0 radical (unpaired) electrons. The second-order valence-corrected chi connectivity index (χ2v) is 8.78. The minimum absolute atomic E-state index is 0.137. The number of hydrogen-bond acceptors (Lipinski definition) is 7. The summed E-state index contributed by atoms with van der Waals surface area (Å²) in [5.74, 6) is -0.842. The highest BCUT2D eigenvalue weighted by Crippen LogP contribution is 2.25. The van der Waals surface area contributed by atoms with Crippen molar-refractivity contribution in [1.29, 1.82) is 0 Å². The van der Waals surface area contributed by atoms with Crippen LogP contribution in [0.1, 0.15) is 52.4 Å². The number of aliphatic hydroxyl groups is 1. The first-order valence-corrected chi connectivity index (χ1v) is 12.8. The van der Waals surface area contributed by atoms with Gasteiger partial charge >= 0.3 is 0 Å². The molecule has 0 aromatic heterocycles. The number of hydrogen-bond donors (Lipinski definition) is 4. The topological polar surface area (TPSA) is 95.0 Å². The predicted octanol–water partition coefficient (Wildman–Crippen LogP) is 6.96. The molecule has 0 bridgehead atoms. The number of ketones is 1. The van der Waals surface area contributed by atoms with E-state index in [2.05, 4.69) is 34.8 Å². The number of allylic oxidation sites excluding steroid dienone is 1. The molecule has 2 aromatic carbocycles. The average molecular weight is 491 g/mol. The largest absolute Gasteiger partial charge is 0.503 e. The van der Waals surface area contributed by atoms with Crippen molar-refractivity contribution in [1.82, 2.24) is 0 Å². The second-order valence-electron chi connectivity index (χ2n) is 8.78. The molecule has 0 heterocycles. The number of nitrogens with zero attached hydrogens (tertiary/aromatic N) is 1. The lowest BCUT2D eigenvalue weighted by Crippen LogP contribution is -2.24. The van der Waals surface area contributed by atoms with E-state index < -0.39 is 5.78 Å². The van der Waals surface area contributed by atoms with Crippen molar-refractivity contribution in [3.63, 3.8) is 0 Å². The van der Waals surface area contributed by atoms with E-state index in [0.29, 0.717) is 5.69 Å². The number of rotatable bonds is 14. The number of unbranched alkanes of at least 4 members (excludes halogenated alkanes) is 4. The smallest absolute Gasteiger partial charge is 0.247 e. The van der Waals surface area contributed by atoms with E-state index in [-0.39, 0.29) is 22.9 Å². The fraction of sp³-hybridized carbons (Fsp3) is 0.379. The van der Waals surface area contributed by atoms with Crippen LogP contribution in [0, 0.1) is 0 Å². The Bertz CT molecular complexity index is 1090. The lowest BCUT2D eigenvalue weighted by Gasteiger charge is -2.18. The highest BCUT2D eigenvalue weighted by molar-refractivity contribution is 6.24. The van der Waals surface area contributed by atoms with Gasteiger partial charge in [0.1, 0.15) is 5.71 Å². The van der Waals surface area contributed by atoms with Crippen LogP contribution in [-0.4, -0.2) is 36.8 Å². The standard InChI is InChI=1S/C29H38N4O3/c1-4-6-8-9-19-31-22-12-16-24(17-13-22)33-26-20-25(27(34)29(36-3)28(26)35)32-23-14-10-21(11-15-23)30-18-7-5-2/h10-17,20,30-32,35H,4-9,18-19H2,1-3H3/b33-26-. The molecule has 7 nitrogen and oxygen atoms in total. The zero-order valence-electron chi connectivity index (χ0n) is 21.6. The SMILES string of the molecule is CCCCCCNc1ccc(/N=C2/C=C(Nc3ccc(NCCCC)cc3)C(=O)C(OC)=C2O)cc1. The number of methoxy groups -OCH3 is 1. The summed E-state index contributed by atoms with van der Waals surface area (Å²) >= 11 is 0. The molecule has 0 saturated carbocycles. The number of carbonyl (C=O) groups excluding carboxylic acids is 1. The second kappa shape index (κ2) is 14.0. The third kappa shape index (κ3) is 7.63. The fourth-order valence-electron chi connectivity index (χ4n) is 3.80. The van der Waals surface area contributed by atoms with E-state index in [1.165, 1.54) is 26.4 Å². The molecular formula is C29H38N4O3. The van der Waals surface area contributed by atoms with Crippen molar-refractivity contribution in [2.45, 2.75) is 52.4 Å². The Labute approximate surface area is 214 Å². The van der Waals surface area contributed by atoms with Gasteiger partial charge in [-0.1, -0.05) is 39.5 Å². The molecule has 3 rings (SSSR count). The summed E-state index contributed by atoms with van der Waals surface area (Å²) in [6.45, 7) is 6.22. The summed E-state index contributed by atoms with van der Waals surface area (Å²) in [6, 6.07) is 15.4. The summed E-state index contributed by atoms with van der Waals surface area (Å²) in [6.07, 6.45) is 8.64. The van der Waals surface area contributed by atoms with Gasteiger partial charge in [-0.3, -0.25) is 4.79 Å². The molecule has 2 aromatic rings. The van der Waals surface area contributed by atoms with E-state index in [1.54, 1.807) is 6.08 Å². The molecule has 0 atom stereocenters. The van der Waals surface area contributed by atoms with E-state index >= 15 is 0 Å².